The minimum atomic E-state index is -0.657. The van der Waals surface area contributed by atoms with Gasteiger partial charge in [-0.05, 0) is 124 Å². The molecule has 6 aromatic carbocycles. The normalized spacial score (nSPS) is 15.2. The summed E-state index contributed by atoms with van der Waals surface area (Å²) >= 11 is 0. The minimum Gasteiger partial charge on any atom is -0.497 e. The molecule has 2 saturated heterocycles. The molecule has 2 unspecified atom stereocenters. The number of piperidine rings is 2. The van der Waals surface area contributed by atoms with Gasteiger partial charge < -0.3 is 35.1 Å². The molecule has 69 heavy (non-hydrogen) atoms. The summed E-state index contributed by atoms with van der Waals surface area (Å²) in [6.07, 6.45) is 3.03. The number of ether oxygens (including phenoxy) is 4. The number of nitrogens with zero attached hydrogens (tertiary/aromatic N) is 2. The molecule has 13 heteroatoms. The summed E-state index contributed by atoms with van der Waals surface area (Å²) in [6.45, 7) is 6.34. The Morgan fingerprint density at radius 1 is 0.580 bits per heavy atom. The van der Waals surface area contributed by atoms with Gasteiger partial charge in [0.05, 0.1) is 32.2 Å². The van der Waals surface area contributed by atoms with E-state index in [0.29, 0.717) is 35.8 Å². The number of amides is 1. The zero-order valence-corrected chi connectivity index (χ0v) is 39.4. The van der Waals surface area contributed by atoms with Crippen molar-refractivity contribution in [3.63, 3.8) is 0 Å². The summed E-state index contributed by atoms with van der Waals surface area (Å²) in [5, 5.41) is 12.0. The number of likely N-dealkylation sites (tertiary alicyclic amines) is 2. The topological polar surface area (TPSA) is 136 Å². The number of rotatable bonds is 17. The highest BCUT2D eigenvalue weighted by atomic mass is 19.1. The molecular formula is C56H64F2N4O7. The van der Waals surface area contributed by atoms with E-state index in [0.717, 1.165) is 87.6 Å². The third kappa shape index (κ3) is 16.2. The number of benzene rings is 6. The molecule has 0 radical (unpaired) electrons. The van der Waals surface area contributed by atoms with Gasteiger partial charge in [0.1, 0.15) is 47.8 Å². The van der Waals surface area contributed by atoms with Crippen LogP contribution in [0.25, 0.3) is 0 Å². The third-order valence-electron chi connectivity index (χ3n) is 12.4. The van der Waals surface area contributed by atoms with Gasteiger partial charge >= 0.3 is 5.97 Å². The monoisotopic (exact) mass is 942 g/mol. The van der Waals surface area contributed by atoms with Crippen molar-refractivity contribution in [2.75, 3.05) is 66.7 Å². The molecule has 2 atom stereocenters. The lowest BCUT2D eigenvalue weighted by Crippen LogP contribution is -2.43. The maximum Gasteiger partial charge on any atom is 0.306 e. The van der Waals surface area contributed by atoms with Gasteiger partial charge in [0.25, 0.3) is 0 Å². The lowest BCUT2D eigenvalue weighted by molar-refractivity contribution is -0.143. The van der Waals surface area contributed by atoms with Crippen LogP contribution in [0.3, 0.4) is 0 Å². The van der Waals surface area contributed by atoms with E-state index in [9.17, 15) is 18.4 Å². The van der Waals surface area contributed by atoms with Crippen LogP contribution in [0.15, 0.2) is 158 Å². The Hall–Kier alpha value is -6.80. The van der Waals surface area contributed by atoms with Crippen LogP contribution in [-0.4, -0.2) is 93.5 Å². The molecule has 0 aromatic heterocycles. The molecule has 0 aliphatic carbocycles. The number of methoxy groups -OCH3 is 2. The fourth-order valence-corrected chi connectivity index (χ4v) is 8.31. The van der Waals surface area contributed by atoms with Crippen molar-refractivity contribution in [2.45, 2.75) is 37.8 Å². The predicted octanol–water partition coefficient (Wildman–Crippen LogP) is 9.58. The van der Waals surface area contributed by atoms with Gasteiger partial charge in [0.15, 0.2) is 0 Å². The average Bonchev–Trinajstić information content (AvgIpc) is 3.39. The Morgan fingerprint density at radius 2 is 1.00 bits per heavy atom. The number of nitrogens with two attached hydrogens (primary N) is 1. The highest BCUT2D eigenvalue weighted by Gasteiger charge is 2.29. The number of aliphatic carboxylic acids is 1. The molecule has 1 amide bonds. The zero-order chi connectivity index (χ0) is 48.8. The molecule has 0 spiro atoms. The summed E-state index contributed by atoms with van der Waals surface area (Å²) in [6, 6.07) is 46.3. The van der Waals surface area contributed by atoms with Crippen LogP contribution in [0.1, 0.15) is 60.0 Å². The highest BCUT2D eigenvalue weighted by Crippen LogP contribution is 2.29. The first kappa shape index (κ1) is 51.6. The van der Waals surface area contributed by atoms with Gasteiger partial charge in [0.2, 0.25) is 5.91 Å². The van der Waals surface area contributed by atoms with E-state index in [1.54, 1.807) is 50.6 Å². The van der Waals surface area contributed by atoms with Gasteiger partial charge in [-0.25, -0.2) is 8.78 Å². The van der Waals surface area contributed by atoms with E-state index >= 15 is 0 Å². The average molecular weight is 943 g/mol. The summed E-state index contributed by atoms with van der Waals surface area (Å²) in [5.41, 5.74) is 8.59. The van der Waals surface area contributed by atoms with E-state index in [4.69, 9.17) is 29.8 Å². The molecule has 2 aliphatic heterocycles. The second kappa shape index (κ2) is 27.3. The number of carbonyl (C=O) groups is 2. The van der Waals surface area contributed by atoms with Crippen LogP contribution in [0, 0.1) is 23.5 Å². The first-order valence-electron chi connectivity index (χ1n) is 23.5. The Labute approximate surface area is 404 Å². The van der Waals surface area contributed by atoms with Crippen LogP contribution < -0.4 is 30.0 Å². The van der Waals surface area contributed by atoms with Crippen LogP contribution in [-0.2, 0) is 9.59 Å². The first-order valence-corrected chi connectivity index (χ1v) is 23.5. The van der Waals surface area contributed by atoms with Crippen molar-refractivity contribution in [3.8, 4) is 23.0 Å². The van der Waals surface area contributed by atoms with Crippen molar-refractivity contribution < 1.29 is 42.4 Å². The van der Waals surface area contributed by atoms with E-state index < -0.39 is 18.1 Å². The number of hydrogen-bond donors (Lipinski definition) is 3. The molecule has 2 aliphatic rings. The largest absolute Gasteiger partial charge is 0.497 e. The van der Waals surface area contributed by atoms with Gasteiger partial charge in [-0.3, -0.25) is 19.4 Å². The van der Waals surface area contributed by atoms with E-state index in [2.05, 4.69) is 15.1 Å². The zero-order valence-electron chi connectivity index (χ0n) is 39.4. The maximum atomic E-state index is 14.7. The number of hydrogen-bond acceptors (Lipinski definition) is 9. The Balaban J connectivity index is 0.000000188. The van der Waals surface area contributed by atoms with Crippen molar-refractivity contribution in [1.29, 1.82) is 0 Å². The van der Waals surface area contributed by atoms with Crippen molar-refractivity contribution in [1.82, 2.24) is 15.1 Å². The van der Waals surface area contributed by atoms with Crippen LogP contribution in [0.2, 0.25) is 0 Å². The third-order valence-corrected chi connectivity index (χ3v) is 12.4. The molecule has 2 fully saturated rings. The molecule has 2 heterocycles. The van der Waals surface area contributed by atoms with E-state index in [1.165, 1.54) is 12.1 Å². The van der Waals surface area contributed by atoms with Crippen LogP contribution in [0.5, 0.6) is 23.0 Å². The summed E-state index contributed by atoms with van der Waals surface area (Å²) < 4.78 is 50.2. The first-order chi connectivity index (χ1) is 33.6. The second-order valence-electron chi connectivity index (χ2n) is 16.9. The fourth-order valence-electron chi connectivity index (χ4n) is 8.31. The number of carbonyl (C=O) groups excluding carboxylic acids is 1. The number of carboxylic acids is 1. The molecular weight excluding hydrogens is 879 g/mol. The quantitative estimate of drug-likeness (QED) is 0.0812. The lowest BCUT2D eigenvalue weighted by Gasteiger charge is -2.32. The summed E-state index contributed by atoms with van der Waals surface area (Å²) in [7, 11) is 3.18. The molecule has 0 saturated carbocycles. The summed E-state index contributed by atoms with van der Waals surface area (Å²) in [5.74, 6) is 1.54. The van der Waals surface area contributed by atoms with E-state index in [1.807, 2.05) is 109 Å². The smallest absolute Gasteiger partial charge is 0.306 e. The van der Waals surface area contributed by atoms with Crippen molar-refractivity contribution in [3.05, 3.63) is 192 Å². The number of halogens is 2. The molecule has 6 aromatic rings. The van der Waals surface area contributed by atoms with Gasteiger partial charge in [0, 0.05) is 30.1 Å². The van der Waals surface area contributed by atoms with E-state index in [-0.39, 0.29) is 29.4 Å². The predicted molar refractivity (Wildman–Crippen MR) is 265 cm³/mol. The van der Waals surface area contributed by atoms with Crippen LogP contribution in [0.4, 0.5) is 8.78 Å². The summed E-state index contributed by atoms with van der Waals surface area (Å²) in [4.78, 5) is 28.6. The number of nitrogens with one attached hydrogen (secondary N) is 1. The van der Waals surface area contributed by atoms with Gasteiger partial charge in [-0.15, -0.1) is 0 Å². The number of carboxylic acid groups (broad SMARTS) is 1. The minimum absolute atomic E-state index is 0.0451. The van der Waals surface area contributed by atoms with Crippen LogP contribution >= 0.6 is 0 Å². The molecule has 8 rings (SSSR count). The van der Waals surface area contributed by atoms with Gasteiger partial charge in [-0.2, -0.15) is 0 Å². The van der Waals surface area contributed by atoms with Crippen molar-refractivity contribution >= 4 is 11.9 Å². The second-order valence-corrected chi connectivity index (χ2v) is 16.9. The molecule has 4 N–H and O–H groups in total. The standard InChI is InChI=1S/C28H31FN2O3.C14H14FNO.C14H19NO3/c1-33-24-11-7-8-22(20-24)27(25-12-5-6-13-26(25)29)30-28(32)21-14-16-31(17-15-21)18-19-34-23-9-3-2-4-10-23;1-17-11-6-4-5-10(9-11)14(16)12-7-2-3-8-13(12)15;16-14(17)12-6-8-15(9-7-12)10-11-18-13-4-2-1-3-5-13/h2-13,20-21,27H,14-19H2,1H3,(H,30,32);2-9,14H,16H2,1H3;1-5,12H,6-11H2,(H,16,17). The highest BCUT2D eigenvalue weighted by molar-refractivity contribution is 5.79. The molecule has 0 bridgehead atoms. The van der Waals surface area contributed by atoms with Gasteiger partial charge in [-0.1, -0.05) is 97.1 Å². The van der Waals surface area contributed by atoms with Crippen molar-refractivity contribution in [2.24, 2.45) is 17.6 Å². The lowest BCUT2D eigenvalue weighted by atomic mass is 9.93. The number of para-hydroxylation sites is 2. The SMILES string of the molecule is COc1cccc(C(N)c2ccccc2F)c1.COc1cccc(C(NC(=O)C2CCN(CCOc3ccccc3)CC2)c2ccccc2F)c1.O=C(O)C1CCN(CCOc2ccccc2)CC1. The molecule has 364 valence electrons. The maximum absolute atomic E-state index is 14.7. The molecule has 11 nitrogen and oxygen atoms in total. The Bertz CT molecular complexity index is 2470. The Morgan fingerprint density at radius 3 is 1.48 bits per heavy atom. The fraction of sp³-hybridized carbons (Fsp3) is 0.321. The Kier molecular flexibility index (Phi) is 20.4.